The maximum absolute atomic E-state index is 2.35. The van der Waals surface area contributed by atoms with Crippen molar-refractivity contribution in [3.8, 4) is 5.69 Å². The predicted octanol–water partition coefficient (Wildman–Crippen LogP) is 6.00. The van der Waals surface area contributed by atoms with Gasteiger partial charge in [-0.2, -0.15) is 0 Å². The van der Waals surface area contributed by atoms with Gasteiger partial charge in [-0.1, -0.05) is 51.2 Å². The van der Waals surface area contributed by atoms with Crippen LogP contribution < -0.4 is 0 Å². The molecule has 0 atom stereocenters. The van der Waals surface area contributed by atoms with E-state index < -0.39 is 0 Å². The van der Waals surface area contributed by atoms with Crippen LogP contribution >= 0.6 is 0 Å². The highest BCUT2D eigenvalue weighted by atomic mass is 15.0. The van der Waals surface area contributed by atoms with Crippen LogP contribution in [0.1, 0.15) is 62.4 Å². The summed E-state index contributed by atoms with van der Waals surface area (Å²) in [5.41, 5.74) is 5.39. The summed E-state index contributed by atoms with van der Waals surface area (Å²) in [6.07, 6.45) is 9.41. The first kappa shape index (κ1) is 15.9. The minimum atomic E-state index is 1.21. The van der Waals surface area contributed by atoms with E-state index in [-0.39, 0.29) is 0 Å². The monoisotopic (exact) mass is 283 g/mol. The van der Waals surface area contributed by atoms with E-state index in [4.69, 9.17) is 0 Å². The average Bonchev–Trinajstić information content (AvgIpc) is 2.82. The number of unbranched alkanes of at least 4 members (excludes halogenated alkanes) is 5. The molecule has 0 aliphatic carbocycles. The number of hydrogen-bond donors (Lipinski definition) is 0. The van der Waals surface area contributed by atoms with Gasteiger partial charge in [0, 0.05) is 17.1 Å². The van der Waals surface area contributed by atoms with E-state index in [0.29, 0.717) is 0 Å². The lowest BCUT2D eigenvalue weighted by atomic mass is 10.0. The Kier molecular flexibility index (Phi) is 6.10. The first-order chi connectivity index (χ1) is 10.2. The summed E-state index contributed by atoms with van der Waals surface area (Å²) in [7, 11) is 0. The summed E-state index contributed by atoms with van der Waals surface area (Å²) in [5.74, 6) is 0. The van der Waals surface area contributed by atoms with Crippen LogP contribution in [0.5, 0.6) is 0 Å². The first-order valence-electron chi connectivity index (χ1n) is 8.46. The molecule has 1 aromatic heterocycles. The van der Waals surface area contributed by atoms with Gasteiger partial charge in [0.1, 0.15) is 0 Å². The van der Waals surface area contributed by atoms with Gasteiger partial charge >= 0.3 is 0 Å². The Hall–Kier alpha value is -1.50. The molecule has 1 heteroatoms. The predicted molar refractivity (Wildman–Crippen MR) is 92.3 cm³/mol. The van der Waals surface area contributed by atoms with Crippen molar-refractivity contribution in [1.82, 2.24) is 4.57 Å². The molecule has 1 nitrogen and oxygen atoms in total. The lowest BCUT2D eigenvalue weighted by Gasteiger charge is -2.11. The van der Waals surface area contributed by atoms with Gasteiger partial charge in [-0.05, 0) is 56.5 Å². The van der Waals surface area contributed by atoms with E-state index in [1.165, 1.54) is 67.6 Å². The van der Waals surface area contributed by atoms with Gasteiger partial charge in [0.2, 0.25) is 0 Å². The molecule has 0 saturated carbocycles. The van der Waals surface area contributed by atoms with E-state index in [0.717, 1.165) is 0 Å². The zero-order valence-electron chi connectivity index (χ0n) is 13.9. The van der Waals surface area contributed by atoms with Crippen LogP contribution in [0.3, 0.4) is 0 Å². The minimum Gasteiger partial charge on any atom is -0.319 e. The van der Waals surface area contributed by atoms with Crippen molar-refractivity contribution in [2.45, 2.75) is 65.7 Å². The summed E-state index contributed by atoms with van der Waals surface area (Å²) < 4.78 is 2.34. The van der Waals surface area contributed by atoms with Crippen LogP contribution in [0.15, 0.2) is 36.4 Å². The third-order valence-corrected chi connectivity index (χ3v) is 4.26. The third-order valence-electron chi connectivity index (χ3n) is 4.26. The minimum absolute atomic E-state index is 1.21. The Morgan fingerprint density at radius 3 is 2.19 bits per heavy atom. The second kappa shape index (κ2) is 8.07. The molecule has 0 bridgehead atoms. The maximum Gasteiger partial charge on any atom is 0.0457 e. The summed E-state index contributed by atoms with van der Waals surface area (Å²) in [4.78, 5) is 0. The van der Waals surface area contributed by atoms with E-state index in [9.17, 15) is 0 Å². The molecule has 1 heterocycles. The van der Waals surface area contributed by atoms with Crippen LogP contribution in [0.2, 0.25) is 0 Å². The van der Waals surface area contributed by atoms with Crippen molar-refractivity contribution < 1.29 is 0 Å². The molecular formula is C20H29N. The van der Waals surface area contributed by atoms with Gasteiger partial charge in [-0.25, -0.2) is 0 Å². The second-order valence-electron chi connectivity index (χ2n) is 6.14. The largest absolute Gasteiger partial charge is 0.319 e. The van der Waals surface area contributed by atoms with E-state index >= 15 is 0 Å². The molecule has 2 aromatic rings. The highest BCUT2D eigenvalue weighted by Gasteiger charge is 2.04. The number of aromatic nitrogens is 1. The normalized spacial score (nSPS) is 11.0. The van der Waals surface area contributed by atoms with Crippen LogP contribution in [-0.2, 0) is 6.42 Å². The highest BCUT2D eigenvalue weighted by Crippen LogP contribution is 2.18. The molecule has 0 aliphatic rings. The van der Waals surface area contributed by atoms with Crippen LogP contribution in [0.25, 0.3) is 5.69 Å². The van der Waals surface area contributed by atoms with Crippen molar-refractivity contribution in [2.75, 3.05) is 0 Å². The maximum atomic E-state index is 2.35. The summed E-state index contributed by atoms with van der Waals surface area (Å²) >= 11 is 0. The van der Waals surface area contributed by atoms with Gasteiger partial charge in [-0.15, -0.1) is 0 Å². The summed E-state index contributed by atoms with van der Waals surface area (Å²) in [5, 5.41) is 0. The number of rotatable bonds is 8. The molecule has 0 amide bonds. The summed E-state index contributed by atoms with van der Waals surface area (Å²) in [6, 6.07) is 13.4. The molecule has 0 unspecified atom stereocenters. The molecule has 21 heavy (non-hydrogen) atoms. The molecule has 0 radical (unpaired) electrons. The van der Waals surface area contributed by atoms with Crippen LogP contribution in [-0.4, -0.2) is 4.57 Å². The molecular weight excluding hydrogens is 254 g/mol. The highest BCUT2D eigenvalue weighted by molar-refractivity contribution is 5.40. The standard InChI is InChI=1S/C20H29N/c1-4-5-6-7-8-9-11-19-12-10-13-20(16-19)21-17(2)14-15-18(21)3/h10,12-16H,4-9,11H2,1-3H3. The molecule has 0 saturated heterocycles. The van der Waals surface area contributed by atoms with Gasteiger partial charge in [0.25, 0.3) is 0 Å². The smallest absolute Gasteiger partial charge is 0.0457 e. The number of benzene rings is 1. The average molecular weight is 283 g/mol. The molecule has 0 aliphatic heterocycles. The zero-order chi connectivity index (χ0) is 15.1. The molecule has 0 N–H and O–H groups in total. The summed E-state index contributed by atoms with van der Waals surface area (Å²) in [6.45, 7) is 6.62. The molecule has 0 spiro atoms. The fourth-order valence-electron chi connectivity index (χ4n) is 3.04. The zero-order valence-corrected chi connectivity index (χ0v) is 13.9. The topological polar surface area (TPSA) is 4.93 Å². The second-order valence-corrected chi connectivity index (χ2v) is 6.14. The van der Waals surface area contributed by atoms with Gasteiger partial charge < -0.3 is 4.57 Å². The molecule has 114 valence electrons. The van der Waals surface area contributed by atoms with Gasteiger partial charge in [-0.3, -0.25) is 0 Å². The number of nitrogens with zero attached hydrogens (tertiary/aromatic N) is 1. The van der Waals surface area contributed by atoms with E-state index in [1.54, 1.807) is 0 Å². The van der Waals surface area contributed by atoms with Crippen molar-refractivity contribution >= 4 is 0 Å². The van der Waals surface area contributed by atoms with Gasteiger partial charge in [0.15, 0.2) is 0 Å². The Morgan fingerprint density at radius 1 is 0.810 bits per heavy atom. The molecule has 1 aromatic carbocycles. The van der Waals surface area contributed by atoms with Crippen LogP contribution in [0, 0.1) is 13.8 Å². The van der Waals surface area contributed by atoms with Crippen molar-refractivity contribution in [3.05, 3.63) is 53.3 Å². The fraction of sp³-hybridized carbons (Fsp3) is 0.500. The Balaban J connectivity index is 1.93. The lowest BCUT2D eigenvalue weighted by Crippen LogP contribution is -1.99. The Bertz CT molecular complexity index is 531. The Morgan fingerprint density at radius 2 is 1.48 bits per heavy atom. The van der Waals surface area contributed by atoms with Crippen molar-refractivity contribution in [3.63, 3.8) is 0 Å². The lowest BCUT2D eigenvalue weighted by molar-refractivity contribution is 0.607. The van der Waals surface area contributed by atoms with E-state index in [1.807, 2.05) is 0 Å². The molecule has 2 rings (SSSR count). The third kappa shape index (κ3) is 4.49. The van der Waals surface area contributed by atoms with Crippen molar-refractivity contribution in [2.24, 2.45) is 0 Å². The molecule has 0 fully saturated rings. The number of hydrogen-bond acceptors (Lipinski definition) is 0. The van der Waals surface area contributed by atoms with Crippen LogP contribution in [0.4, 0.5) is 0 Å². The fourth-order valence-corrected chi connectivity index (χ4v) is 3.04. The van der Waals surface area contributed by atoms with Gasteiger partial charge in [0.05, 0.1) is 0 Å². The first-order valence-corrected chi connectivity index (χ1v) is 8.46. The SMILES string of the molecule is CCCCCCCCc1cccc(-n2c(C)ccc2C)c1. The Labute approximate surface area is 130 Å². The van der Waals surface area contributed by atoms with E-state index in [2.05, 4.69) is 61.7 Å². The van der Waals surface area contributed by atoms with Crippen molar-refractivity contribution in [1.29, 1.82) is 0 Å². The number of aryl methyl sites for hydroxylation is 3. The quantitative estimate of drug-likeness (QED) is 0.524.